The summed E-state index contributed by atoms with van der Waals surface area (Å²) in [6, 6.07) is 14.6. The number of rotatable bonds is 7. The Morgan fingerprint density at radius 2 is 1.60 bits per heavy atom. The van der Waals surface area contributed by atoms with Gasteiger partial charge >= 0.3 is 0 Å². The van der Waals surface area contributed by atoms with Gasteiger partial charge in [-0.25, -0.2) is 18.6 Å². The number of sulfonamides is 1. The first-order valence-electron chi connectivity index (χ1n) is 9.61. The zero-order valence-electron chi connectivity index (χ0n) is 16.3. The number of hydrogen-bond donors (Lipinski definition) is 3. The molecule has 0 spiro atoms. The third-order valence-corrected chi connectivity index (χ3v) is 6.73. The summed E-state index contributed by atoms with van der Waals surface area (Å²) in [5, 5.41) is 17.7. The number of carbonyl (C=O) groups excluding carboxylic acids is 1. The van der Waals surface area contributed by atoms with Crippen molar-refractivity contribution in [2.24, 2.45) is 0 Å². The molecular formula is C21H23N3O5S. The van der Waals surface area contributed by atoms with Gasteiger partial charge in [-0.15, -0.1) is 0 Å². The first kappa shape index (κ1) is 21.8. The van der Waals surface area contributed by atoms with E-state index in [0.29, 0.717) is 29.9 Å². The predicted octanol–water partition coefficient (Wildman–Crippen LogP) is 3.23. The maximum atomic E-state index is 12.9. The zero-order chi connectivity index (χ0) is 21.6. The van der Waals surface area contributed by atoms with Crippen LogP contribution < -0.4 is 14.9 Å². The fourth-order valence-electron chi connectivity index (χ4n) is 3.65. The Balaban J connectivity index is 1.74. The van der Waals surface area contributed by atoms with Crippen LogP contribution in [-0.4, -0.2) is 25.1 Å². The molecule has 1 aliphatic carbocycles. The molecule has 8 nitrogen and oxygen atoms in total. The average Bonchev–Trinajstić information content (AvgIpc) is 2.74. The number of nitriles is 1. The van der Waals surface area contributed by atoms with E-state index in [1.165, 1.54) is 12.1 Å². The standard InChI is InChI=1S/C21H23N3O5S/c22-15-16-4-6-17(7-5-16)29-18-8-10-19(11-9-18)30(27,28)24-21(14-20(25)23-26)12-2-1-3-13-21/h4-11,24,26H,1-3,12-14H2,(H,23,25). The van der Waals surface area contributed by atoms with Crippen LogP contribution in [0, 0.1) is 11.3 Å². The molecule has 1 aliphatic rings. The normalized spacial score (nSPS) is 15.7. The van der Waals surface area contributed by atoms with Crippen molar-refractivity contribution in [3.05, 3.63) is 54.1 Å². The van der Waals surface area contributed by atoms with Crippen molar-refractivity contribution in [1.29, 1.82) is 5.26 Å². The Morgan fingerprint density at radius 1 is 1.03 bits per heavy atom. The summed E-state index contributed by atoms with van der Waals surface area (Å²) in [5.41, 5.74) is 1.19. The minimum atomic E-state index is -3.87. The molecule has 0 bridgehead atoms. The Labute approximate surface area is 175 Å². The van der Waals surface area contributed by atoms with Crippen LogP contribution >= 0.6 is 0 Å². The number of amides is 1. The lowest BCUT2D eigenvalue weighted by Gasteiger charge is -2.37. The summed E-state index contributed by atoms with van der Waals surface area (Å²) in [6.07, 6.45) is 3.52. The first-order chi connectivity index (χ1) is 14.4. The Kier molecular flexibility index (Phi) is 6.72. The van der Waals surface area contributed by atoms with Crippen LogP contribution in [0.3, 0.4) is 0 Å². The number of benzene rings is 2. The van der Waals surface area contributed by atoms with Gasteiger partial charge in [-0.2, -0.15) is 5.26 Å². The molecule has 2 aromatic rings. The van der Waals surface area contributed by atoms with Crippen LogP contribution in [0.1, 0.15) is 44.1 Å². The topological polar surface area (TPSA) is 129 Å². The Bertz CT molecular complexity index is 1020. The minimum Gasteiger partial charge on any atom is -0.457 e. The second-order valence-corrected chi connectivity index (χ2v) is 9.05. The summed E-state index contributed by atoms with van der Waals surface area (Å²) < 4.78 is 34.3. The van der Waals surface area contributed by atoms with Gasteiger partial charge in [0.1, 0.15) is 11.5 Å². The van der Waals surface area contributed by atoms with Gasteiger partial charge < -0.3 is 4.74 Å². The number of hydrogen-bond acceptors (Lipinski definition) is 6. The molecule has 1 fully saturated rings. The van der Waals surface area contributed by atoms with Crippen LogP contribution in [0.4, 0.5) is 0 Å². The lowest BCUT2D eigenvalue weighted by molar-refractivity contribution is -0.130. The van der Waals surface area contributed by atoms with Crippen LogP contribution in [0.2, 0.25) is 0 Å². The van der Waals surface area contributed by atoms with Gasteiger partial charge in [0.2, 0.25) is 15.9 Å². The molecule has 0 saturated heterocycles. The molecule has 2 aromatic carbocycles. The van der Waals surface area contributed by atoms with E-state index in [2.05, 4.69) is 4.72 Å². The maximum absolute atomic E-state index is 12.9. The summed E-state index contributed by atoms with van der Waals surface area (Å²) in [4.78, 5) is 11.8. The van der Waals surface area contributed by atoms with Crippen molar-refractivity contribution in [2.75, 3.05) is 0 Å². The smallest absolute Gasteiger partial charge is 0.245 e. The second kappa shape index (κ2) is 9.26. The highest BCUT2D eigenvalue weighted by atomic mass is 32.2. The lowest BCUT2D eigenvalue weighted by atomic mass is 9.80. The number of nitrogens with one attached hydrogen (secondary N) is 2. The molecule has 0 radical (unpaired) electrons. The van der Waals surface area contributed by atoms with Crippen molar-refractivity contribution in [3.63, 3.8) is 0 Å². The van der Waals surface area contributed by atoms with Crippen molar-refractivity contribution < 1.29 is 23.2 Å². The molecule has 0 unspecified atom stereocenters. The van der Waals surface area contributed by atoms with Gasteiger partial charge in [-0.3, -0.25) is 10.0 Å². The van der Waals surface area contributed by atoms with Gasteiger partial charge in [0.05, 0.1) is 16.5 Å². The summed E-state index contributed by atoms with van der Waals surface area (Å²) in [6.45, 7) is 0. The van der Waals surface area contributed by atoms with Gasteiger partial charge in [0.25, 0.3) is 0 Å². The third kappa shape index (κ3) is 5.36. The van der Waals surface area contributed by atoms with Gasteiger partial charge in [-0.05, 0) is 61.4 Å². The monoisotopic (exact) mass is 429 g/mol. The van der Waals surface area contributed by atoms with E-state index in [0.717, 1.165) is 19.3 Å². The van der Waals surface area contributed by atoms with E-state index < -0.39 is 21.5 Å². The third-order valence-electron chi connectivity index (χ3n) is 5.14. The molecular weight excluding hydrogens is 406 g/mol. The number of carbonyl (C=O) groups is 1. The highest BCUT2D eigenvalue weighted by molar-refractivity contribution is 7.89. The molecule has 158 valence electrons. The molecule has 0 atom stereocenters. The second-order valence-electron chi connectivity index (χ2n) is 7.37. The van der Waals surface area contributed by atoms with Crippen molar-refractivity contribution in [3.8, 4) is 17.6 Å². The van der Waals surface area contributed by atoms with Crippen LogP contribution in [0.5, 0.6) is 11.5 Å². The van der Waals surface area contributed by atoms with Crippen molar-refractivity contribution >= 4 is 15.9 Å². The summed E-state index contributed by atoms with van der Waals surface area (Å²) in [5.74, 6) is 0.357. The molecule has 0 aliphatic heterocycles. The predicted molar refractivity (Wildman–Crippen MR) is 108 cm³/mol. The van der Waals surface area contributed by atoms with E-state index in [1.807, 2.05) is 6.07 Å². The lowest BCUT2D eigenvalue weighted by Crippen LogP contribution is -2.52. The zero-order valence-corrected chi connectivity index (χ0v) is 17.1. The molecule has 0 aromatic heterocycles. The van der Waals surface area contributed by atoms with E-state index in [1.54, 1.807) is 41.9 Å². The number of ether oxygens (including phenoxy) is 1. The molecule has 3 N–H and O–H groups in total. The van der Waals surface area contributed by atoms with Crippen LogP contribution in [-0.2, 0) is 14.8 Å². The SMILES string of the molecule is N#Cc1ccc(Oc2ccc(S(=O)(=O)NC3(CC(=O)NO)CCCCC3)cc2)cc1. The first-order valence-corrected chi connectivity index (χ1v) is 11.1. The summed E-state index contributed by atoms with van der Waals surface area (Å²) in [7, 11) is -3.87. The maximum Gasteiger partial charge on any atom is 0.245 e. The van der Waals surface area contributed by atoms with E-state index in [4.69, 9.17) is 15.2 Å². The fourth-order valence-corrected chi connectivity index (χ4v) is 5.11. The van der Waals surface area contributed by atoms with E-state index >= 15 is 0 Å². The highest BCUT2D eigenvalue weighted by Crippen LogP contribution is 2.33. The Morgan fingerprint density at radius 3 is 2.13 bits per heavy atom. The van der Waals surface area contributed by atoms with Crippen LogP contribution in [0.25, 0.3) is 0 Å². The molecule has 1 amide bonds. The largest absolute Gasteiger partial charge is 0.457 e. The highest BCUT2D eigenvalue weighted by Gasteiger charge is 2.38. The molecule has 3 rings (SSSR count). The molecule has 0 heterocycles. The van der Waals surface area contributed by atoms with Gasteiger partial charge in [-0.1, -0.05) is 19.3 Å². The van der Waals surface area contributed by atoms with Crippen LogP contribution in [0.15, 0.2) is 53.4 Å². The molecule has 30 heavy (non-hydrogen) atoms. The van der Waals surface area contributed by atoms with E-state index in [-0.39, 0.29) is 11.3 Å². The molecule has 1 saturated carbocycles. The fraction of sp³-hybridized carbons (Fsp3) is 0.333. The minimum absolute atomic E-state index is 0.0593. The summed E-state index contributed by atoms with van der Waals surface area (Å²) >= 11 is 0. The Hall–Kier alpha value is -2.93. The molecule has 9 heteroatoms. The van der Waals surface area contributed by atoms with Crippen molar-refractivity contribution in [1.82, 2.24) is 10.2 Å². The van der Waals surface area contributed by atoms with Gasteiger partial charge in [0, 0.05) is 12.0 Å². The number of hydroxylamine groups is 1. The average molecular weight is 429 g/mol. The van der Waals surface area contributed by atoms with Gasteiger partial charge in [0.15, 0.2) is 0 Å². The van der Waals surface area contributed by atoms with E-state index in [9.17, 15) is 13.2 Å². The number of nitrogens with zero attached hydrogens (tertiary/aromatic N) is 1. The quantitative estimate of drug-likeness (QED) is 0.458. The van der Waals surface area contributed by atoms with Crippen molar-refractivity contribution in [2.45, 2.75) is 49.0 Å².